The van der Waals surface area contributed by atoms with Crippen LogP contribution in [0.4, 0.5) is 11.5 Å². The van der Waals surface area contributed by atoms with Gasteiger partial charge in [0, 0.05) is 35.6 Å². The number of rotatable bonds is 6. The summed E-state index contributed by atoms with van der Waals surface area (Å²) in [6, 6.07) is 11.9. The van der Waals surface area contributed by atoms with Gasteiger partial charge in [-0.1, -0.05) is 17.7 Å². The highest BCUT2D eigenvalue weighted by molar-refractivity contribution is 6.31. The van der Waals surface area contributed by atoms with E-state index in [1.807, 2.05) is 24.3 Å². The zero-order chi connectivity index (χ0) is 19.4. The lowest BCUT2D eigenvalue weighted by Crippen LogP contribution is -2.23. The number of non-ortho nitro benzene ring substituents is 1. The fourth-order valence-electron chi connectivity index (χ4n) is 2.82. The summed E-state index contributed by atoms with van der Waals surface area (Å²) in [5.74, 6) is 1.43. The van der Waals surface area contributed by atoms with E-state index in [-0.39, 0.29) is 5.69 Å². The van der Waals surface area contributed by atoms with Gasteiger partial charge >= 0.3 is 0 Å². The minimum absolute atomic E-state index is 0.0626. The van der Waals surface area contributed by atoms with E-state index in [2.05, 4.69) is 23.7 Å². The maximum atomic E-state index is 10.8. The minimum atomic E-state index is -0.417. The van der Waals surface area contributed by atoms with E-state index in [9.17, 15) is 10.1 Å². The quantitative estimate of drug-likeness (QED) is 0.432. The Balaban J connectivity index is 2.01. The van der Waals surface area contributed by atoms with Crippen molar-refractivity contribution in [2.24, 2.45) is 0 Å². The number of benzene rings is 2. The summed E-state index contributed by atoms with van der Waals surface area (Å²) >= 11 is 6.14. The Morgan fingerprint density at radius 1 is 1.07 bits per heavy atom. The van der Waals surface area contributed by atoms with Crippen LogP contribution in [0.2, 0.25) is 5.02 Å². The summed E-state index contributed by atoms with van der Waals surface area (Å²) in [6.45, 7) is 5.83. The highest BCUT2D eigenvalue weighted by Crippen LogP contribution is 2.27. The zero-order valence-corrected chi connectivity index (χ0v) is 15.8. The molecule has 0 saturated heterocycles. The molecule has 2 aromatic carbocycles. The van der Waals surface area contributed by atoms with Crippen LogP contribution in [0.25, 0.3) is 23.1 Å². The fourth-order valence-corrected chi connectivity index (χ4v) is 2.99. The molecule has 0 N–H and O–H groups in total. The first kappa shape index (κ1) is 18.8. The summed E-state index contributed by atoms with van der Waals surface area (Å²) in [6.07, 6.45) is 3.63. The molecule has 27 heavy (non-hydrogen) atoms. The maximum Gasteiger partial charge on any atom is 0.269 e. The van der Waals surface area contributed by atoms with Crippen LogP contribution >= 0.6 is 11.6 Å². The van der Waals surface area contributed by atoms with E-state index < -0.39 is 4.92 Å². The van der Waals surface area contributed by atoms with Crippen LogP contribution in [0.3, 0.4) is 0 Å². The van der Waals surface area contributed by atoms with Gasteiger partial charge in [-0.2, -0.15) is 0 Å². The smallest absolute Gasteiger partial charge is 0.269 e. The summed E-state index contributed by atoms with van der Waals surface area (Å²) < 4.78 is 0. The van der Waals surface area contributed by atoms with Crippen molar-refractivity contribution in [3.05, 3.63) is 69.0 Å². The number of nitro groups is 1. The predicted octanol–water partition coefficient (Wildman–Crippen LogP) is 5.21. The molecule has 0 spiro atoms. The van der Waals surface area contributed by atoms with Gasteiger partial charge in [0.1, 0.15) is 5.82 Å². The lowest BCUT2D eigenvalue weighted by atomic mass is 10.2. The molecule has 0 fully saturated rings. The Hall–Kier alpha value is -2.99. The molecular formula is C20H19ClN4O2. The molecule has 3 rings (SSSR count). The normalized spacial score (nSPS) is 11.2. The number of halogens is 1. The molecule has 1 heterocycles. The number of aromatic nitrogens is 2. The van der Waals surface area contributed by atoms with Crippen molar-refractivity contribution in [1.29, 1.82) is 0 Å². The van der Waals surface area contributed by atoms with Gasteiger partial charge in [0.15, 0.2) is 5.82 Å². The average molecular weight is 383 g/mol. The third kappa shape index (κ3) is 4.23. The van der Waals surface area contributed by atoms with Gasteiger partial charge in [0.05, 0.1) is 10.4 Å². The second kappa shape index (κ2) is 8.14. The maximum absolute atomic E-state index is 10.8. The van der Waals surface area contributed by atoms with Crippen LogP contribution in [0.15, 0.2) is 42.5 Å². The molecule has 0 bridgehead atoms. The number of nitrogens with zero attached hydrogens (tertiary/aromatic N) is 4. The molecule has 3 aromatic rings. The Morgan fingerprint density at radius 3 is 2.41 bits per heavy atom. The highest BCUT2D eigenvalue weighted by Gasteiger charge is 2.12. The Morgan fingerprint density at radius 2 is 1.78 bits per heavy atom. The fraction of sp³-hybridized carbons (Fsp3) is 0.200. The second-order valence-corrected chi connectivity index (χ2v) is 6.36. The van der Waals surface area contributed by atoms with E-state index in [0.29, 0.717) is 10.8 Å². The lowest BCUT2D eigenvalue weighted by Gasteiger charge is -2.21. The highest BCUT2D eigenvalue weighted by atomic mass is 35.5. The molecule has 6 nitrogen and oxygen atoms in total. The van der Waals surface area contributed by atoms with Crippen LogP contribution in [0.1, 0.15) is 25.2 Å². The molecule has 1 aromatic heterocycles. The molecule has 0 aliphatic heterocycles. The molecule has 0 atom stereocenters. The van der Waals surface area contributed by atoms with E-state index in [4.69, 9.17) is 16.6 Å². The number of fused-ring (bicyclic) bond motifs is 1. The summed E-state index contributed by atoms with van der Waals surface area (Å²) in [5.41, 5.74) is 1.68. The monoisotopic (exact) mass is 382 g/mol. The Kier molecular flexibility index (Phi) is 5.66. The minimum Gasteiger partial charge on any atom is -0.357 e. The molecule has 0 aliphatic rings. The van der Waals surface area contributed by atoms with E-state index in [1.165, 1.54) is 12.1 Å². The first-order valence-corrected chi connectivity index (χ1v) is 9.04. The lowest BCUT2D eigenvalue weighted by molar-refractivity contribution is -0.384. The molecular weight excluding hydrogens is 364 g/mol. The van der Waals surface area contributed by atoms with Crippen LogP contribution in [-0.2, 0) is 0 Å². The number of anilines is 1. The Bertz CT molecular complexity index is 999. The van der Waals surface area contributed by atoms with Gasteiger partial charge in [-0.25, -0.2) is 9.97 Å². The first-order chi connectivity index (χ1) is 13.0. The van der Waals surface area contributed by atoms with Gasteiger partial charge in [0.2, 0.25) is 0 Å². The number of hydrogen-bond acceptors (Lipinski definition) is 5. The molecule has 138 valence electrons. The van der Waals surface area contributed by atoms with Crippen molar-refractivity contribution in [2.75, 3.05) is 18.0 Å². The SMILES string of the molecule is CCN(CC)c1nc(/C=C/c2ccc([N+](=O)[O-])cc2)nc2cc(Cl)ccc12. The molecule has 0 saturated carbocycles. The molecule has 0 unspecified atom stereocenters. The van der Waals surface area contributed by atoms with Crippen LogP contribution in [0, 0.1) is 10.1 Å². The van der Waals surface area contributed by atoms with Crippen molar-refractivity contribution >= 4 is 46.2 Å². The van der Waals surface area contributed by atoms with Crippen LogP contribution in [0.5, 0.6) is 0 Å². The average Bonchev–Trinajstić information content (AvgIpc) is 2.67. The molecule has 7 heteroatoms. The van der Waals surface area contributed by atoms with Crippen molar-refractivity contribution in [1.82, 2.24) is 9.97 Å². The molecule has 0 aliphatic carbocycles. The summed E-state index contributed by atoms with van der Waals surface area (Å²) in [5, 5.41) is 12.3. The number of hydrogen-bond donors (Lipinski definition) is 0. The third-order valence-corrected chi connectivity index (χ3v) is 4.48. The standard InChI is InChI=1S/C20H19ClN4O2/c1-3-24(4-2)20-17-11-8-15(21)13-18(17)22-19(23-20)12-7-14-5-9-16(10-6-14)25(26)27/h5-13H,3-4H2,1-2H3/b12-7+. The summed E-state index contributed by atoms with van der Waals surface area (Å²) in [7, 11) is 0. The van der Waals surface area contributed by atoms with Gasteiger partial charge < -0.3 is 4.90 Å². The van der Waals surface area contributed by atoms with Gasteiger partial charge in [-0.15, -0.1) is 0 Å². The zero-order valence-electron chi connectivity index (χ0n) is 15.1. The van der Waals surface area contributed by atoms with Gasteiger partial charge in [-0.3, -0.25) is 10.1 Å². The van der Waals surface area contributed by atoms with Crippen molar-refractivity contribution in [3.8, 4) is 0 Å². The Labute approximate surface area is 162 Å². The predicted molar refractivity (Wildman–Crippen MR) is 110 cm³/mol. The van der Waals surface area contributed by atoms with Crippen LogP contribution < -0.4 is 4.90 Å². The topological polar surface area (TPSA) is 72.2 Å². The summed E-state index contributed by atoms with van der Waals surface area (Å²) in [4.78, 5) is 21.8. The second-order valence-electron chi connectivity index (χ2n) is 5.92. The largest absolute Gasteiger partial charge is 0.357 e. The van der Waals surface area contributed by atoms with Crippen molar-refractivity contribution < 1.29 is 4.92 Å². The third-order valence-electron chi connectivity index (χ3n) is 4.25. The van der Waals surface area contributed by atoms with Gasteiger partial charge in [0.25, 0.3) is 5.69 Å². The van der Waals surface area contributed by atoms with E-state index in [0.717, 1.165) is 35.4 Å². The van der Waals surface area contributed by atoms with E-state index >= 15 is 0 Å². The molecule has 0 radical (unpaired) electrons. The van der Waals surface area contributed by atoms with Crippen LogP contribution in [-0.4, -0.2) is 28.0 Å². The molecule has 0 amide bonds. The van der Waals surface area contributed by atoms with Crippen molar-refractivity contribution in [3.63, 3.8) is 0 Å². The van der Waals surface area contributed by atoms with E-state index in [1.54, 1.807) is 18.2 Å². The first-order valence-electron chi connectivity index (χ1n) is 8.66. The number of nitro benzene ring substituents is 1. The van der Waals surface area contributed by atoms with Crippen molar-refractivity contribution in [2.45, 2.75) is 13.8 Å². The van der Waals surface area contributed by atoms with Gasteiger partial charge in [-0.05, 0) is 55.8 Å².